The van der Waals surface area contributed by atoms with Crippen molar-refractivity contribution in [1.29, 1.82) is 0 Å². The minimum Gasteiger partial charge on any atom is -0.449 e. The van der Waals surface area contributed by atoms with Crippen LogP contribution >= 0.6 is 0 Å². The Hall–Kier alpha value is -2.95. The summed E-state index contributed by atoms with van der Waals surface area (Å²) in [5.74, 6) is -1.58. The number of rotatable bonds is 5. The third-order valence-electron chi connectivity index (χ3n) is 3.70. The minimum absolute atomic E-state index is 0.270. The van der Waals surface area contributed by atoms with E-state index in [4.69, 9.17) is 4.74 Å². The lowest BCUT2D eigenvalue weighted by atomic mass is 10.1. The van der Waals surface area contributed by atoms with Crippen molar-refractivity contribution in [2.75, 3.05) is 5.32 Å². The van der Waals surface area contributed by atoms with Gasteiger partial charge in [-0.3, -0.25) is 4.79 Å². The first-order chi connectivity index (χ1) is 11.9. The molecule has 0 bridgehead atoms. The van der Waals surface area contributed by atoms with E-state index < -0.39 is 23.8 Å². The molecule has 0 fully saturated rings. The number of anilines is 1. The minimum atomic E-state index is -0.975. The average Bonchev–Trinajstić information content (AvgIpc) is 2.57. The Kier molecular flexibility index (Phi) is 6.06. The molecule has 130 valence electrons. The van der Waals surface area contributed by atoms with Crippen LogP contribution in [0.4, 0.5) is 10.1 Å². The lowest BCUT2D eigenvalue weighted by Crippen LogP contribution is -2.30. The molecule has 0 aromatic heterocycles. The number of esters is 1. The second-order valence-electron chi connectivity index (χ2n) is 5.69. The van der Waals surface area contributed by atoms with Crippen molar-refractivity contribution in [2.45, 2.75) is 26.9 Å². The van der Waals surface area contributed by atoms with Gasteiger partial charge >= 0.3 is 5.97 Å². The summed E-state index contributed by atoms with van der Waals surface area (Å²) >= 11 is 0. The van der Waals surface area contributed by atoms with Crippen LogP contribution in [-0.4, -0.2) is 18.0 Å². The van der Waals surface area contributed by atoms with Gasteiger partial charge in [-0.25, -0.2) is 9.18 Å². The van der Waals surface area contributed by atoms with Gasteiger partial charge in [0.25, 0.3) is 5.91 Å². The molecule has 0 aliphatic rings. The van der Waals surface area contributed by atoms with Gasteiger partial charge in [0.15, 0.2) is 6.10 Å². The van der Waals surface area contributed by atoms with E-state index in [1.54, 1.807) is 12.1 Å². The van der Waals surface area contributed by atoms with Crippen LogP contribution in [0.3, 0.4) is 0 Å². The zero-order valence-electron chi connectivity index (χ0n) is 14.4. The third kappa shape index (κ3) is 5.01. The topological polar surface area (TPSA) is 55.4 Å². The molecule has 0 aliphatic carbocycles. The van der Waals surface area contributed by atoms with E-state index in [9.17, 15) is 14.0 Å². The van der Waals surface area contributed by atoms with Gasteiger partial charge in [0.05, 0.1) is 0 Å². The van der Waals surface area contributed by atoms with Gasteiger partial charge < -0.3 is 10.1 Å². The van der Waals surface area contributed by atoms with Crippen LogP contribution in [0.1, 0.15) is 23.6 Å². The van der Waals surface area contributed by atoms with E-state index in [1.807, 2.05) is 32.0 Å². The van der Waals surface area contributed by atoms with Crippen molar-refractivity contribution >= 4 is 23.6 Å². The van der Waals surface area contributed by atoms with Gasteiger partial charge in [0.1, 0.15) is 5.82 Å². The van der Waals surface area contributed by atoms with Gasteiger partial charge in [-0.2, -0.15) is 0 Å². The van der Waals surface area contributed by atoms with E-state index in [0.29, 0.717) is 5.69 Å². The summed E-state index contributed by atoms with van der Waals surface area (Å²) in [6.07, 6.45) is 1.44. The number of carbonyl (C=O) groups is 2. The van der Waals surface area contributed by atoms with Crippen molar-refractivity contribution in [3.05, 3.63) is 71.0 Å². The van der Waals surface area contributed by atoms with Crippen molar-refractivity contribution in [2.24, 2.45) is 0 Å². The van der Waals surface area contributed by atoms with Crippen molar-refractivity contribution in [3.63, 3.8) is 0 Å². The maximum absolute atomic E-state index is 13.5. The highest BCUT2D eigenvalue weighted by Gasteiger charge is 2.18. The lowest BCUT2D eigenvalue weighted by Gasteiger charge is -2.15. The van der Waals surface area contributed by atoms with E-state index in [-0.39, 0.29) is 5.56 Å². The number of carbonyl (C=O) groups excluding carboxylic acids is 2. The van der Waals surface area contributed by atoms with E-state index in [0.717, 1.165) is 17.2 Å². The number of halogens is 1. The SMILES string of the molecule is Cc1cccc(C)c1NC(=O)[C@@H](C)OC(=O)/C=C/c1ccccc1F. The van der Waals surface area contributed by atoms with Gasteiger partial charge in [-0.05, 0) is 44.0 Å². The first-order valence-corrected chi connectivity index (χ1v) is 7.89. The molecule has 1 N–H and O–H groups in total. The lowest BCUT2D eigenvalue weighted by molar-refractivity contribution is -0.148. The Bertz CT molecular complexity index is 794. The molecule has 25 heavy (non-hydrogen) atoms. The molecule has 1 amide bonds. The van der Waals surface area contributed by atoms with Crippen molar-refractivity contribution in [1.82, 2.24) is 0 Å². The Morgan fingerprint density at radius 1 is 1.08 bits per heavy atom. The third-order valence-corrected chi connectivity index (χ3v) is 3.70. The van der Waals surface area contributed by atoms with Crippen LogP contribution in [-0.2, 0) is 14.3 Å². The number of para-hydroxylation sites is 1. The molecular formula is C20H20FNO3. The number of ether oxygens (including phenoxy) is 1. The fraction of sp³-hybridized carbons (Fsp3) is 0.200. The molecule has 0 unspecified atom stereocenters. The van der Waals surface area contributed by atoms with Crippen LogP contribution in [0, 0.1) is 19.7 Å². The summed E-state index contributed by atoms with van der Waals surface area (Å²) in [5.41, 5.74) is 2.82. The Labute approximate surface area is 146 Å². The maximum atomic E-state index is 13.5. The van der Waals surface area contributed by atoms with Gasteiger partial charge in [-0.15, -0.1) is 0 Å². The summed E-state index contributed by atoms with van der Waals surface area (Å²) in [5, 5.41) is 2.77. The van der Waals surface area contributed by atoms with Crippen LogP contribution in [0.25, 0.3) is 6.08 Å². The fourth-order valence-corrected chi connectivity index (χ4v) is 2.27. The molecule has 2 aromatic rings. The average molecular weight is 341 g/mol. The summed E-state index contributed by atoms with van der Waals surface area (Å²) in [7, 11) is 0. The number of hydrogen-bond donors (Lipinski definition) is 1. The number of benzene rings is 2. The first-order valence-electron chi connectivity index (χ1n) is 7.89. The summed E-state index contributed by atoms with van der Waals surface area (Å²) in [4.78, 5) is 24.0. The maximum Gasteiger partial charge on any atom is 0.331 e. The molecule has 0 heterocycles. The molecule has 2 rings (SSSR count). The zero-order valence-corrected chi connectivity index (χ0v) is 14.4. The summed E-state index contributed by atoms with van der Waals surface area (Å²) < 4.78 is 18.5. The number of nitrogens with one attached hydrogen (secondary N) is 1. The first kappa shape index (κ1) is 18.4. The molecule has 0 radical (unpaired) electrons. The van der Waals surface area contributed by atoms with Crippen LogP contribution in [0.2, 0.25) is 0 Å². The summed E-state index contributed by atoms with van der Waals surface area (Å²) in [6.45, 7) is 5.25. The van der Waals surface area contributed by atoms with E-state index in [1.165, 1.54) is 25.1 Å². The van der Waals surface area contributed by atoms with Crippen LogP contribution in [0.5, 0.6) is 0 Å². The van der Waals surface area contributed by atoms with Crippen molar-refractivity contribution < 1.29 is 18.7 Å². The Balaban J connectivity index is 1.97. The second-order valence-corrected chi connectivity index (χ2v) is 5.69. The van der Waals surface area contributed by atoms with Crippen LogP contribution in [0.15, 0.2) is 48.5 Å². The fourth-order valence-electron chi connectivity index (χ4n) is 2.27. The highest BCUT2D eigenvalue weighted by molar-refractivity contribution is 5.97. The predicted molar refractivity (Wildman–Crippen MR) is 95.5 cm³/mol. The Morgan fingerprint density at radius 3 is 2.36 bits per heavy atom. The predicted octanol–water partition coefficient (Wildman–Crippen LogP) is 4.03. The smallest absolute Gasteiger partial charge is 0.331 e. The largest absolute Gasteiger partial charge is 0.449 e. The second kappa shape index (κ2) is 8.24. The van der Waals surface area contributed by atoms with Gasteiger partial charge in [0, 0.05) is 17.3 Å². The highest BCUT2D eigenvalue weighted by atomic mass is 19.1. The Morgan fingerprint density at radius 2 is 1.72 bits per heavy atom. The highest BCUT2D eigenvalue weighted by Crippen LogP contribution is 2.19. The van der Waals surface area contributed by atoms with Crippen LogP contribution < -0.4 is 5.32 Å². The van der Waals surface area contributed by atoms with Gasteiger partial charge in [-0.1, -0.05) is 36.4 Å². The molecule has 1 atom stereocenters. The molecule has 0 saturated heterocycles. The summed E-state index contributed by atoms with van der Waals surface area (Å²) in [6, 6.07) is 11.7. The normalized spacial score (nSPS) is 12.0. The molecule has 5 heteroatoms. The van der Waals surface area contributed by atoms with E-state index in [2.05, 4.69) is 5.32 Å². The van der Waals surface area contributed by atoms with Gasteiger partial charge in [0.2, 0.25) is 0 Å². The standard InChI is InChI=1S/C20H20FNO3/c1-13-7-6-8-14(2)19(13)22-20(24)15(3)25-18(23)12-11-16-9-4-5-10-17(16)21/h4-12,15H,1-3H3,(H,22,24)/b12-11+/t15-/m1/s1. The molecule has 2 aromatic carbocycles. The van der Waals surface area contributed by atoms with Crippen molar-refractivity contribution in [3.8, 4) is 0 Å². The zero-order chi connectivity index (χ0) is 18.4. The number of aryl methyl sites for hydroxylation is 2. The molecule has 0 aliphatic heterocycles. The molecule has 0 saturated carbocycles. The number of amides is 1. The molecule has 4 nitrogen and oxygen atoms in total. The monoisotopic (exact) mass is 341 g/mol. The molecular weight excluding hydrogens is 321 g/mol. The van der Waals surface area contributed by atoms with E-state index >= 15 is 0 Å². The number of hydrogen-bond acceptors (Lipinski definition) is 3. The quantitative estimate of drug-likeness (QED) is 0.660. The molecule has 0 spiro atoms.